The molecule has 2 amide bonds. The fourth-order valence-corrected chi connectivity index (χ4v) is 4.09. The van der Waals surface area contributed by atoms with Gasteiger partial charge in [-0.1, -0.05) is 56.3 Å². The summed E-state index contributed by atoms with van der Waals surface area (Å²) in [6.07, 6.45) is 0. The molecule has 0 bridgehead atoms. The molecule has 0 aliphatic heterocycles. The number of para-hydroxylation sites is 1. The lowest BCUT2D eigenvalue weighted by atomic mass is 10.0. The summed E-state index contributed by atoms with van der Waals surface area (Å²) in [5.74, 6) is 0.309. The molecule has 0 radical (unpaired) electrons. The van der Waals surface area contributed by atoms with Gasteiger partial charge in [-0.25, -0.2) is 0 Å². The van der Waals surface area contributed by atoms with E-state index in [-0.39, 0.29) is 17.7 Å². The van der Waals surface area contributed by atoms with Crippen molar-refractivity contribution in [1.82, 2.24) is 10.2 Å². The Labute approximate surface area is 187 Å². The lowest BCUT2D eigenvalue weighted by Crippen LogP contribution is -2.50. The van der Waals surface area contributed by atoms with Gasteiger partial charge in [0.05, 0.1) is 13.7 Å². The van der Waals surface area contributed by atoms with E-state index in [0.717, 1.165) is 16.2 Å². The Morgan fingerprint density at radius 2 is 1.68 bits per heavy atom. The Kier molecular flexibility index (Phi) is 7.84. The monoisotopic (exact) mass is 436 g/mol. The molecule has 0 fully saturated rings. The Bertz CT molecular complexity index is 987. The summed E-state index contributed by atoms with van der Waals surface area (Å²) in [5, 5.41) is 4.95. The lowest BCUT2D eigenvalue weighted by Gasteiger charge is -2.30. The van der Waals surface area contributed by atoms with E-state index in [4.69, 9.17) is 4.74 Å². The number of amides is 2. The predicted octanol–water partition coefficient (Wildman–Crippen LogP) is 4.74. The summed E-state index contributed by atoms with van der Waals surface area (Å²) in [4.78, 5) is 29.3. The molecule has 6 heteroatoms. The van der Waals surface area contributed by atoms with Crippen molar-refractivity contribution in [2.75, 3.05) is 7.11 Å². The highest BCUT2D eigenvalue weighted by Gasteiger charge is 2.29. The normalized spacial score (nSPS) is 11.7. The first-order chi connectivity index (χ1) is 15.0. The maximum Gasteiger partial charge on any atom is 0.251 e. The molecule has 1 N–H and O–H groups in total. The molecule has 1 atom stereocenters. The van der Waals surface area contributed by atoms with Crippen LogP contribution in [0.4, 0.5) is 0 Å². The van der Waals surface area contributed by atoms with Gasteiger partial charge in [-0.3, -0.25) is 9.59 Å². The zero-order chi connectivity index (χ0) is 22.2. The van der Waals surface area contributed by atoms with Gasteiger partial charge in [0.15, 0.2) is 0 Å². The van der Waals surface area contributed by atoms with E-state index in [9.17, 15) is 9.59 Å². The van der Waals surface area contributed by atoms with Crippen molar-refractivity contribution in [3.05, 3.63) is 88.1 Å². The van der Waals surface area contributed by atoms with Crippen molar-refractivity contribution in [3.63, 3.8) is 0 Å². The van der Waals surface area contributed by atoms with E-state index >= 15 is 0 Å². The van der Waals surface area contributed by atoms with E-state index in [1.807, 2.05) is 73.8 Å². The maximum absolute atomic E-state index is 13.7. The molecule has 0 spiro atoms. The van der Waals surface area contributed by atoms with Gasteiger partial charge in [-0.15, -0.1) is 11.3 Å². The van der Waals surface area contributed by atoms with Crippen molar-refractivity contribution >= 4 is 23.2 Å². The van der Waals surface area contributed by atoms with Gasteiger partial charge in [-0.2, -0.15) is 0 Å². The molecule has 1 heterocycles. The molecule has 0 saturated heterocycles. The summed E-state index contributed by atoms with van der Waals surface area (Å²) >= 11 is 1.61. The second kappa shape index (κ2) is 10.8. The van der Waals surface area contributed by atoms with Crippen molar-refractivity contribution < 1.29 is 14.3 Å². The molecular formula is C25H28N2O3S. The summed E-state index contributed by atoms with van der Waals surface area (Å²) in [6, 6.07) is 20.0. The minimum atomic E-state index is -0.637. The lowest BCUT2D eigenvalue weighted by molar-refractivity contribution is -0.135. The highest BCUT2D eigenvalue weighted by molar-refractivity contribution is 7.09. The molecule has 1 unspecified atom stereocenters. The van der Waals surface area contributed by atoms with Crippen LogP contribution in [0.2, 0.25) is 0 Å². The van der Waals surface area contributed by atoms with Gasteiger partial charge < -0.3 is 15.0 Å². The number of hydrogen-bond acceptors (Lipinski definition) is 4. The molecule has 0 saturated carbocycles. The molecule has 3 aromatic rings. The van der Waals surface area contributed by atoms with Gasteiger partial charge in [0.2, 0.25) is 5.91 Å². The number of nitrogens with zero attached hydrogens (tertiary/aromatic N) is 1. The van der Waals surface area contributed by atoms with Crippen LogP contribution < -0.4 is 10.1 Å². The van der Waals surface area contributed by atoms with Crippen molar-refractivity contribution in [3.8, 4) is 5.75 Å². The third kappa shape index (κ3) is 5.95. The smallest absolute Gasteiger partial charge is 0.251 e. The molecule has 0 aliphatic rings. The van der Waals surface area contributed by atoms with Crippen LogP contribution in [0.25, 0.3) is 0 Å². The van der Waals surface area contributed by atoms with Gasteiger partial charge in [0, 0.05) is 22.5 Å². The molecule has 5 nitrogen and oxygen atoms in total. The summed E-state index contributed by atoms with van der Waals surface area (Å²) in [6.45, 7) is 4.75. The van der Waals surface area contributed by atoms with Gasteiger partial charge >= 0.3 is 0 Å². The standard InChI is InChI=1S/C25H28N2O3S/c1-18(2)23(26-24(28)19-10-5-4-6-11-19)25(29)27(17-21-13-9-15-31-21)16-20-12-7-8-14-22(20)30-3/h4-15,18,23H,16-17H2,1-3H3,(H,26,28). The van der Waals surface area contributed by atoms with Crippen LogP contribution in [0.5, 0.6) is 5.75 Å². The zero-order valence-corrected chi connectivity index (χ0v) is 18.9. The minimum absolute atomic E-state index is 0.0660. The van der Waals surface area contributed by atoms with Crippen LogP contribution in [0.15, 0.2) is 72.1 Å². The predicted molar refractivity (Wildman–Crippen MR) is 124 cm³/mol. The summed E-state index contributed by atoms with van der Waals surface area (Å²) in [5.41, 5.74) is 1.46. The van der Waals surface area contributed by atoms with E-state index in [0.29, 0.717) is 18.7 Å². The number of thiophene rings is 1. The van der Waals surface area contributed by atoms with Crippen molar-refractivity contribution in [2.45, 2.75) is 33.0 Å². The Balaban J connectivity index is 1.86. The number of methoxy groups -OCH3 is 1. The second-order valence-corrected chi connectivity index (χ2v) is 8.68. The molecule has 162 valence electrons. The van der Waals surface area contributed by atoms with Crippen molar-refractivity contribution in [2.24, 2.45) is 5.92 Å². The summed E-state index contributed by atoms with van der Waals surface area (Å²) < 4.78 is 5.49. The molecule has 1 aromatic heterocycles. The fraction of sp³-hybridized carbons (Fsp3) is 0.280. The average Bonchev–Trinajstić information content (AvgIpc) is 3.30. The fourth-order valence-electron chi connectivity index (χ4n) is 3.37. The molecule has 0 aliphatic carbocycles. The SMILES string of the molecule is COc1ccccc1CN(Cc1cccs1)C(=O)C(NC(=O)c1ccccc1)C(C)C. The Morgan fingerprint density at radius 1 is 0.968 bits per heavy atom. The number of rotatable bonds is 9. The van der Waals surface area contributed by atoms with Crippen LogP contribution in [0, 0.1) is 5.92 Å². The second-order valence-electron chi connectivity index (χ2n) is 7.65. The van der Waals surface area contributed by atoms with Crippen LogP contribution in [0.1, 0.15) is 34.6 Å². The number of benzene rings is 2. The highest BCUT2D eigenvalue weighted by atomic mass is 32.1. The van der Waals surface area contributed by atoms with Gasteiger partial charge in [-0.05, 0) is 35.6 Å². The third-order valence-electron chi connectivity index (χ3n) is 5.05. The first-order valence-corrected chi connectivity index (χ1v) is 11.2. The average molecular weight is 437 g/mol. The van der Waals surface area contributed by atoms with E-state index < -0.39 is 6.04 Å². The Morgan fingerprint density at radius 3 is 2.32 bits per heavy atom. The Hall–Kier alpha value is -3.12. The molecule has 31 heavy (non-hydrogen) atoms. The third-order valence-corrected chi connectivity index (χ3v) is 5.91. The van der Waals surface area contributed by atoms with Crippen LogP contribution in [0.3, 0.4) is 0 Å². The minimum Gasteiger partial charge on any atom is -0.496 e. The van der Waals surface area contributed by atoms with E-state index in [1.54, 1.807) is 35.5 Å². The van der Waals surface area contributed by atoms with Gasteiger partial charge in [0.25, 0.3) is 5.91 Å². The number of ether oxygens (including phenoxy) is 1. The largest absolute Gasteiger partial charge is 0.496 e. The molecule has 3 rings (SSSR count). The first kappa shape index (κ1) is 22.6. The number of carbonyl (C=O) groups is 2. The zero-order valence-electron chi connectivity index (χ0n) is 18.1. The van der Waals surface area contributed by atoms with E-state index in [2.05, 4.69) is 5.32 Å². The van der Waals surface area contributed by atoms with Crippen molar-refractivity contribution in [1.29, 1.82) is 0 Å². The first-order valence-electron chi connectivity index (χ1n) is 10.3. The number of carbonyl (C=O) groups excluding carboxylic acids is 2. The quantitative estimate of drug-likeness (QED) is 0.527. The van der Waals surface area contributed by atoms with Gasteiger partial charge in [0.1, 0.15) is 11.8 Å². The summed E-state index contributed by atoms with van der Waals surface area (Å²) in [7, 11) is 1.63. The van der Waals surface area contributed by atoms with Crippen LogP contribution in [-0.4, -0.2) is 29.9 Å². The topological polar surface area (TPSA) is 58.6 Å². The number of nitrogens with one attached hydrogen (secondary N) is 1. The van der Waals surface area contributed by atoms with E-state index in [1.165, 1.54) is 0 Å². The molecule has 2 aromatic carbocycles. The molecular weight excluding hydrogens is 408 g/mol. The van der Waals surface area contributed by atoms with Crippen LogP contribution >= 0.6 is 11.3 Å². The maximum atomic E-state index is 13.7. The number of hydrogen-bond donors (Lipinski definition) is 1. The highest BCUT2D eigenvalue weighted by Crippen LogP contribution is 2.23. The van der Waals surface area contributed by atoms with Crippen LogP contribution in [-0.2, 0) is 17.9 Å².